The van der Waals surface area contributed by atoms with Crippen LogP contribution < -0.4 is 21.3 Å². The van der Waals surface area contributed by atoms with E-state index in [1.807, 2.05) is 26.8 Å². The quantitative estimate of drug-likeness (QED) is 0.459. The zero-order valence-corrected chi connectivity index (χ0v) is 21.2. The number of fused-ring (bicyclic) bond motifs is 1. The minimum absolute atomic E-state index is 0.0376. The van der Waals surface area contributed by atoms with Crippen LogP contribution in [0.2, 0.25) is 0 Å². The maximum absolute atomic E-state index is 13.9. The van der Waals surface area contributed by atoms with Crippen LogP contribution in [0, 0.1) is 18.2 Å². The summed E-state index contributed by atoms with van der Waals surface area (Å²) in [5.41, 5.74) is 8.64. The van der Waals surface area contributed by atoms with Crippen LogP contribution in [-0.4, -0.2) is 30.8 Å². The smallest absolute Gasteiger partial charge is 0.258 e. The molecule has 1 aliphatic rings. The maximum atomic E-state index is 13.9. The average Bonchev–Trinajstić information content (AvgIpc) is 3.02. The molecule has 0 radical (unpaired) electrons. The largest absolute Gasteiger partial charge is 0.351 e. The van der Waals surface area contributed by atoms with Gasteiger partial charge >= 0.3 is 0 Å². The van der Waals surface area contributed by atoms with Gasteiger partial charge in [-0.05, 0) is 66.9 Å². The lowest BCUT2D eigenvalue weighted by Gasteiger charge is -2.31. The number of nitrogens with zero attached hydrogens (tertiary/aromatic N) is 1. The first kappa shape index (κ1) is 26.0. The minimum atomic E-state index is -0.681. The third kappa shape index (κ3) is 5.86. The molecule has 8 heteroatoms. The van der Waals surface area contributed by atoms with Gasteiger partial charge in [0.1, 0.15) is 5.82 Å². The number of halogens is 1. The molecule has 0 saturated heterocycles. The van der Waals surface area contributed by atoms with Crippen molar-refractivity contribution in [3.8, 4) is 0 Å². The Labute approximate surface area is 215 Å². The topological polar surface area (TPSA) is 105 Å². The molecular formula is C29H31FN4O3. The van der Waals surface area contributed by atoms with E-state index >= 15 is 0 Å². The zero-order chi connectivity index (χ0) is 26.7. The number of nitrogens with one attached hydrogen (secondary N) is 2. The van der Waals surface area contributed by atoms with Gasteiger partial charge < -0.3 is 16.4 Å². The second-order valence-corrected chi connectivity index (χ2v) is 10.1. The van der Waals surface area contributed by atoms with Crippen molar-refractivity contribution in [2.45, 2.75) is 33.2 Å². The molecule has 3 amide bonds. The first-order valence-corrected chi connectivity index (χ1v) is 12.2. The van der Waals surface area contributed by atoms with Gasteiger partial charge in [0.05, 0.1) is 23.8 Å². The van der Waals surface area contributed by atoms with Gasteiger partial charge in [0, 0.05) is 17.7 Å². The van der Waals surface area contributed by atoms with E-state index in [9.17, 15) is 18.8 Å². The normalized spacial score (nSPS) is 15.4. The SMILES string of the molecule is Cc1cccc(C(=O)N2c3ccc(C(=O)NCC(C)(C)CN)cc3NC(=O)CC2c2ccc(F)cc2)c1. The molecule has 0 aliphatic carbocycles. The second kappa shape index (κ2) is 10.5. The third-order valence-electron chi connectivity index (χ3n) is 6.50. The fourth-order valence-corrected chi connectivity index (χ4v) is 4.24. The van der Waals surface area contributed by atoms with Gasteiger partial charge in [0.2, 0.25) is 5.91 Å². The van der Waals surface area contributed by atoms with E-state index in [1.165, 1.54) is 12.1 Å². The van der Waals surface area contributed by atoms with E-state index in [0.717, 1.165) is 5.56 Å². The summed E-state index contributed by atoms with van der Waals surface area (Å²) in [6, 6.07) is 17.2. The first-order valence-electron chi connectivity index (χ1n) is 12.2. The van der Waals surface area contributed by atoms with Crippen LogP contribution in [0.25, 0.3) is 0 Å². The number of aryl methyl sites for hydroxylation is 1. The zero-order valence-electron chi connectivity index (χ0n) is 21.2. The Morgan fingerprint density at radius 1 is 1.08 bits per heavy atom. The van der Waals surface area contributed by atoms with Gasteiger partial charge in [-0.3, -0.25) is 19.3 Å². The molecular weight excluding hydrogens is 471 g/mol. The molecule has 0 spiro atoms. The van der Waals surface area contributed by atoms with Crippen molar-refractivity contribution in [2.75, 3.05) is 23.3 Å². The Hall–Kier alpha value is -4.04. The highest BCUT2D eigenvalue weighted by molar-refractivity contribution is 6.12. The van der Waals surface area contributed by atoms with Gasteiger partial charge in [-0.1, -0.05) is 43.7 Å². The van der Waals surface area contributed by atoms with Gasteiger partial charge in [0.25, 0.3) is 11.8 Å². The summed E-state index contributed by atoms with van der Waals surface area (Å²) in [6.07, 6.45) is -0.0376. The summed E-state index contributed by atoms with van der Waals surface area (Å²) in [4.78, 5) is 41.3. The van der Waals surface area contributed by atoms with Crippen molar-refractivity contribution in [1.29, 1.82) is 0 Å². The lowest BCUT2D eigenvalue weighted by Crippen LogP contribution is -2.38. The Morgan fingerprint density at radius 3 is 2.49 bits per heavy atom. The Morgan fingerprint density at radius 2 is 1.81 bits per heavy atom. The summed E-state index contributed by atoms with van der Waals surface area (Å²) in [5, 5.41) is 5.74. The Bertz CT molecular complexity index is 1340. The summed E-state index contributed by atoms with van der Waals surface area (Å²) in [6.45, 7) is 6.60. The van der Waals surface area contributed by atoms with E-state index in [4.69, 9.17) is 5.73 Å². The fraction of sp³-hybridized carbons (Fsp3) is 0.276. The number of anilines is 2. The molecule has 0 fully saturated rings. The highest BCUT2D eigenvalue weighted by atomic mass is 19.1. The molecule has 37 heavy (non-hydrogen) atoms. The number of carbonyl (C=O) groups excluding carboxylic acids is 3. The van der Waals surface area contributed by atoms with Crippen molar-refractivity contribution in [3.05, 3.63) is 94.8 Å². The van der Waals surface area contributed by atoms with Crippen molar-refractivity contribution in [3.63, 3.8) is 0 Å². The molecule has 1 atom stereocenters. The lowest BCUT2D eigenvalue weighted by atomic mass is 9.94. The third-order valence-corrected chi connectivity index (χ3v) is 6.50. The number of nitrogens with two attached hydrogens (primary N) is 1. The van der Waals surface area contributed by atoms with Crippen molar-refractivity contribution in [2.24, 2.45) is 11.1 Å². The van der Waals surface area contributed by atoms with Gasteiger partial charge in [-0.15, -0.1) is 0 Å². The van der Waals surface area contributed by atoms with Gasteiger partial charge in [0.15, 0.2) is 0 Å². The highest BCUT2D eigenvalue weighted by Crippen LogP contribution is 2.39. The van der Waals surface area contributed by atoms with Crippen molar-refractivity contribution >= 4 is 29.1 Å². The second-order valence-electron chi connectivity index (χ2n) is 10.1. The Kier molecular flexibility index (Phi) is 7.40. The molecule has 3 aromatic carbocycles. The number of benzene rings is 3. The number of hydrogen-bond acceptors (Lipinski definition) is 4. The summed E-state index contributed by atoms with van der Waals surface area (Å²) < 4.78 is 13.7. The molecule has 7 nitrogen and oxygen atoms in total. The fourth-order valence-electron chi connectivity index (χ4n) is 4.24. The van der Waals surface area contributed by atoms with E-state index < -0.39 is 11.9 Å². The number of hydrogen-bond donors (Lipinski definition) is 3. The molecule has 0 bridgehead atoms. The first-order chi connectivity index (χ1) is 17.6. The van der Waals surface area contributed by atoms with Crippen LogP contribution in [0.15, 0.2) is 66.7 Å². The van der Waals surface area contributed by atoms with Crippen molar-refractivity contribution < 1.29 is 18.8 Å². The number of carbonyl (C=O) groups is 3. The van der Waals surface area contributed by atoms with Crippen LogP contribution in [0.3, 0.4) is 0 Å². The van der Waals surface area contributed by atoms with Gasteiger partial charge in [-0.2, -0.15) is 0 Å². The predicted octanol–water partition coefficient (Wildman–Crippen LogP) is 4.58. The van der Waals surface area contributed by atoms with E-state index in [-0.39, 0.29) is 29.6 Å². The molecule has 4 rings (SSSR count). The number of amides is 3. The minimum Gasteiger partial charge on any atom is -0.351 e. The van der Waals surface area contributed by atoms with Crippen LogP contribution in [0.1, 0.15) is 58.2 Å². The molecule has 1 heterocycles. The lowest BCUT2D eigenvalue weighted by molar-refractivity contribution is -0.116. The maximum Gasteiger partial charge on any atom is 0.258 e. The molecule has 192 valence electrons. The molecule has 0 aromatic heterocycles. The summed E-state index contributed by atoms with van der Waals surface area (Å²) >= 11 is 0. The van der Waals surface area contributed by atoms with Crippen LogP contribution in [0.5, 0.6) is 0 Å². The van der Waals surface area contributed by atoms with Gasteiger partial charge in [-0.25, -0.2) is 4.39 Å². The predicted molar refractivity (Wildman–Crippen MR) is 142 cm³/mol. The Balaban J connectivity index is 1.78. The molecule has 3 aromatic rings. The number of rotatable bonds is 6. The van der Waals surface area contributed by atoms with Crippen LogP contribution in [0.4, 0.5) is 15.8 Å². The molecule has 1 unspecified atom stereocenters. The van der Waals surface area contributed by atoms with Crippen molar-refractivity contribution in [1.82, 2.24) is 5.32 Å². The molecule has 1 aliphatic heterocycles. The van der Waals surface area contributed by atoms with Crippen LogP contribution in [-0.2, 0) is 4.79 Å². The standard InChI is InChI=1S/C29H31FN4O3/c1-18-5-4-6-21(13-18)28(37)34-24-12-9-20(27(36)32-17-29(2,3)16-31)14-23(24)33-26(35)15-25(34)19-7-10-22(30)11-8-19/h4-14,25H,15-17,31H2,1-3H3,(H,32,36)(H,33,35). The van der Waals surface area contributed by atoms with E-state index in [2.05, 4.69) is 10.6 Å². The average molecular weight is 503 g/mol. The van der Waals surface area contributed by atoms with E-state index in [0.29, 0.717) is 41.2 Å². The van der Waals surface area contributed by atoms with Crippen LogP contribution >= 0.6 is 0 Å². The molecule has 0 saturated carbocycles. The summed E-state index contributed by atoms with van der Waals surface area (Å²) in [5.74, 6) is -1.35. The highest BCUT2D eigenvalue weighted by Gasteiger charge is 2.34. The molecule has 4 N–H and O–H groups in total. The summed E-state index contributed by atoms with van der Waals surface area (Å²) in [7, 11) is 0. The van der Waals surface area contributed by atoms with E-state index in [1.54, 1.807) is 53.4 Å². The monoisotopic (exact) mass is 502 g/mol.